The minimum Gasteiger partial charge on any atom is -0.491 e. The van der Waals surface area contributed by atoms with Gasteiger partial charge in [0.2, 0.25) is 5.91 Å². The number of hydrogen-bond donors (Lipinski definition) is 1. The van der Waals surface area contributed by atoms with E-state index in [4.69, 9.17) is 16.3 Å². The molecule has 5 nitrogen and oxygen atoms in total. The number of ether oxygens (including phenoxy) is 1. The second kappa shape index (κ2) is 8.22. The molecule has 7 heteroatoms. The number of carbonyl (C=O) groups excluding carboxylic acids is 1. The van der Waals surface area contributed by atoms with E-state index in [0.29, 0.717) is 11.4 Å². The third-order valence-electron chi connectivity index (χ3n) is 4.04. The number of nitrogens with one attached hydrogen (secondary N) is 1. The Bertz CT molecular complexity index is 957. The average Bonchev–Trinajstić information content (AvgIpc) is 2.92. The first-order chi connectivity index (χ1) is 13.0. The predicted octanol–water partition coefficient (Wildman–Crippen LogP) is 4.69. The summed E-state index contributed by atoms with van der Waals surface area (Å²) in [5.74, 6) is -0.298. The number of benzene rings is 2. The third-order valence-corrected chi connectivity index (χ3v) is 4.33. The van der Waals surface area contributed by atoms with Gasteiger partial charge in [0.1, 0.15) is 11.6 Å². The van der Waals surface area contributed by atoms with Crippen LogP contribution in [-0.4, -0.2) is 22.3 Å². The van der Waals surface area contributed by atoms with Crippen LogP contribution in [0.1, 0.15) is 17.8 Å². The van der Waals surface area contributed by atoms with E-state index in [1.165, 1.54) is 18.2 Å². The van der Waals surface area contributed by atoms with Crippen molar-refractivity contribution in [3.63, 3.8) is 0 Å². The standard InChI is InChI=1S/C20H19ClFN3O2/c1-13-20(14(2)25(24-13)16-6-4-3-5-7-16)23-19(26)10-11-27-18-9-8-15(22)12-17(18)21/h3-9,12H,10-11H2,1-2H3,(H,23,26). The monoisotopic (exact) mass is 387 g/mol. The summed E-state index contributed by atoms with van der Waals surface area (Å²) in [6.45, 7) is 3.87. The van der Waals surface area contributed by atoms with Gasteiger partial charge in [-0.15, -0.1) is 0 Å². The number of aromatic nitrogens is 2. The zero-order valence-corrected chi connectivity index (χ0v) is 15.8. The molecule has 1 heterocycles. The van der Waals surface area contributed by atoms with Crippen LogP contribution in [0.4, 0.5) is 10.1 Å². The molecule has 140 valence electrons. The van der Waals surface area contributed by atoms with Crippen LogP contribution in [-0.2, 0) is 4.79 Å². The van der Waals surface area contributed by atoms with Crippen molar-refractivity contribution in [3.05, 3.63) is 70.8 Å². The highest BCUT2D eigenvalue weighted by atomic mass is 35.5. The molecule has 0 radical (unpaired) electrons. The highest BCUT2D eigenvalue weighted by Crippen LogP contribution is 2.25. The Balaban J connectivity index is 1.62. The molecule has 27 heavy (non-hydrogen) atoms. The lowest BCUT2D eigenvalue weighted by molar-refractivity contribution is -0.116. The number of halogens is 2. The molecule has 0 aliphatic rings. The number of hydrogen-bond acceptors (Lipinski definition) is 3. The van der Waals surface area contributed by atoms with Crippen LogP contribution >= 0.6 is 11.6 Å². The Morgan fingerprint density at radius 3 is 2.67 bits per heavy atom. The number of carbonyl (C=O) groups is 1. The summed E-state index contributed by atoms with van der Waals surface area (Å²) in [6, 6.07) is 13.6. The molecular formula is C20H19ClFN3O2. The summed E-state index contributed by atoms with van der Waals surface area (Å²) in [6.07, 6.45) is 0.128. The van der Waals surface area contributed by atoms with Crippen molar-refractivity contribution in [1.29, 1.82) is 0 Å². The first-order valence-corrected chi connectivity index (χ1v) is 8.83. The Hall–Kier alpha value is -2.86. The van der Waals surface area contributed by atoms with E-state index in [-0.39, 0.29) is 24.0 Å². The molecule has 0 bridgehead atoms. The maximum absolute atomic E-state index is 13.0. The van der Waals surface area contributed by atoms with Gasteiger partial charge in [0.05, 0.1) is 40.8 Å². The van der Waals surface area contributed by atoms with Gasteiger partial charge in [-0.2, -0.15) is 5.10 Å². The van der Waals surface area contributed by atoms with Crippen molar-refractivity contribution in [2.45, 2.75) is 20.3 Å². The van der Waals surface area contributed by atoms with Gasteiger partial charge in [0.25, 0.3) is 0 Å². The van der Waals surface area contributed by atoms with Gasteiger partial charge in [-0.1, -0.05) is 29.8 Å². The maximum Gasteiger partial charge on any atom is 0.227 e. The molecule has 0 unspecified atom stereocenters. The van der Waals surface area contributed by atoms with E-state index in [0.717, 1.165) is 17.1 Å². The second-order valence-corrected chi connectivity index (χ2v) is 6.42. The van der Waals surface area contributed by atoms with Crippen LogP contribution in [0.25, 0.3) is 5.69 Å². The molecule has 0 aliphatic heterocycles. The van der Waals surface area contributed by atoms with E-state index in [2.05, 4.69) is 10.4 Å². The van der Waals surface area contributed by atoms with Crippen LogP contribution in [0.2, 0.25) is 5.02 Å². The summed E-state index contributed by atoms with van der Waals surface area (Å²) >= 11 is 5.90. The van der Waals surface area contributed by atoms with E-state index in [1.807, 2.05) is 44.2 Å². The quantitative estimate of drug-likeness (QED) is 0.667. The smallest absolute Gasteiger partial charge is 0.227 e. The molecule has 0 saturated heterocycles. The fraction of sp³-hybridized carbons (Fsp3) is 0.200. The Kier molecular flexibility index (Phi) is 5.76. The van der Waals surface area contributed by atoms with Gasteiger partial charge >= 0.3 is 0 Å². The summed E-state index contributed by atoms with van der Waals surface area (Å²) in [4.78, 5) is 12.3. The first kappa shape index (κ1) is 18.9. The van der Waals surface area contributed by atoms with Crippen molar-refractivity contribution >= 4 is 23.2 Å². The Morgan fingerprint density at radius 2 is 1.96 bits per heavy atom. The van der Waals surface area contributed by atoms with Crippen molar-refractivity contribution in [3.8, 4) is 11.4 Å². The van der Waals surface area contributed by atoms with Crippen LogP contribution < -0.4 is 10.1 Å². The zero-order chi connectivity index (χ0) is 19.4. The molecule has 0 aliphatic carbocycles. The van der Waals surface area contributed by atoms with Crippen molar-refractivity contribution < 1.29 is 13.9 Å². The highest BCUT2D eigenvalue weighted by Gasteiger charge is 2.15. The van der Waals surface area contributed by atoms with Gasteiger partial charge in [0.15, 0.2) is 0 Å². The minimum atomic E-state index is -0.438. The number of para-hydroxylation sites is 1. The molecule has 0 fully saturated rings. The highest BCUT2D eigenvalue weighted by molar-refractivity contribution is 6.32. The number of aryl methyl sites for hydroxylation is 1. The fourth-order valence-electron chi connectivity index (χ4n) is 2.69. The van der Waals surface area contributed by atoms with Gasteiger partial charge in [0, 0.05) is 0 Å². The number of nitrogens with zero attached hydrogens (tertiary/aromatic N) is 2. The van der Waals surface area contributed by atoms with Gasteiger partial charge in [-0.3, -0.25) is 4.79 Å². The van der Waals surface area contributed by atoms with Crippen molar-refractivity contribution in [2.75, 3.05) is 11.9 Å². The lowest BCUT2D eigenvalue weighted by Crippen LogP contribution is -2.16. The molecule has 3 aromatic rings. The molecule has 0 atom stereocenters. The van der Waals surface area contributed by atoms with E-state index >= 15 is 0 Å². The topological polar surface area (TPSA) is 56.2 Å². The van der Waals surface area contributed by atoms with Gasteiger partial charge < -0.3 is 10.1 Å². The summed E-state index contributed by atoms with van der Waals surface area (Å²) < 4.78 is 20.3. The van der Waals surface area contributed by atoms with E-state index in [1.54, 1.807) is 4.68 Å². The lowest BCUT2D eigenvalue weighted by atomic mass is 10.2. The maximum atomic E-state index is 13.0. The Labute approximate surface area is 161 Å². The van der Waals surface area contributed by atoms with Gasteiger partial charge in [-0.05, 0) is 44.2 Å². The van der Waals surface area contributed by atoms with Gasteiger partial charge in [-0.25, -0.2) is 9.07 Å². The van der Waals surface area contributed by atoms with Crippen LogP contribution in [0.3, 0.4) is 0 Å². The number of amides is 1. The molecular weight excluding hydrogens is 369 g/mol. The summed E-state index contributed by atoms with van der Waals surface area (Å²) in [5.41, 5.74) is 3.18. The largest absolute Gasteiger partial charge is 0.491 e. The minimum absolute atomic E-state index is 0.127. The van der Waals surface area contributed by atoms with Crippen molar-refractivity contribution in [2.24, 2.45) is 0 Å². The molecule has 2 aromatic carbocycles. The predicted molar refractivity (Wildman–Crippen MR) is 103 cm³/mol. The summed E-state index contributed by atoms with van der Waals surface area (Å²) in [7, 11) is 0. The molecule has 0 saturated carbocycles. The van der Waals surface area contributed by atoms with Crippen LogP contribution in [0.5, 0.6) is 5.75 Å². The second-order valence-electron chi connectivity index (χ2n) is 6.01. The molecule has 3 rings (SSSR count). The SMILES string of the molecule is Cc1nn(-c2ccccc2)c(C)c1NC(=O)CCOc1ccc(F)cc1Cl. The summed E-state index contributed by atoms with van der Waals surface area (Å²) in [5, 5.41) is 7.55. The normalized spacial score (nSPS) is 10.7. The fourth-order valence-corrected chi connectivity index (χ4v) is 2.91. The van der Waals surface area contributed by atoms with E-state index < -0.39 is 5.82 Å². The molecule has 1 aromatic heterocycles. The van der Waals surface area contributed by atoms with Crippen LogP contribution in [0.15, 0.2) is 48.5 Å². The lowest BCUT2D eigenvalue weighted by Gasteiger charge is -2.09. The zero-order valence-electron chi connectivity index (χ0n) is 15.0. The number of anilines is 1. The van der Waals surface area contributed by atoms with Crippen LogP contribution in [0, 0.1) is 19.7 Å². The first-order valence-electron chi connectivity index (χ1n) is 8.45. The molecule has 1 N–H and O–H groups in total. The molecule has 0 spiro atoms. The molecule has 1 amide bonds. The number of rotatable bonds is 6. The Morgan fingerprint density at radius 1 is 1.22 bits per heavy atom. The van der Waals surface area contributed by atoms with Crippen molar-refractivity contribution in [1.82, 2.24) is 9.78 Å². The third kappa shape index (κ3) is 4.46. The van der Waals surface area contributed by atoms with E-state index in [9.17, 15) is 9.18 Å². The average molecular weight is 388 g/mol.